The normalized spacial score (nSPS) is 21.0. The first-order valence-electron chi connectivity index (χ1n) is 6.36. The maximum absolute atomic E-state index is 12.9. The van der Waals surface area contributed by atoms with E-state index in [0.29, 0.717) is 18.6 Å². The second-order valence-corrected chi connectivity index (χ2v) is 6.70. The predicted molar refractivity (Wildman–Crippen MR) is 72.3 cm³/mol. The van der Waals surface area contributed by atoms with Crippen molar-refractivity contribution in [3.05, 3.63) is 35.6 Å². The summed E-state index contributed by atoms with van der Waals surface area (Å²) in [5.41, 5.74) is 0.663. The fourth-order valence-corrected chi connectivity index (χ4v) is 3.59. The van der Waals surface area contributed by atoms with Gasteiger partial charge in [0.1, 0.15) is 11.1 Å². The topological polar surface area (TPSA) is 64.6 Å². The summed E-state index contributed by atoms with van der Waals surface area (Å²) < 4.78 is 50.2. The molecule has 0 amide bonds. The first-order valence-corrected chi connectivity index (χ1v) is 7.91. The minimum Gasteiger partial charge on any atom is -0.383 e. The fraction of sp³-hybridized carbons (Fsp3) is 0.538. The summed E-state index contributed by atoms with van der Waals surface area (Å²) in [7, 11) is -2.00. The number of halogens is 1. The summed E-state index contributed by atoms with van der Waals surface area (Å²) in [5, 5.41) is -0.540. The lowest BCUT2D eigenvalue weighted by molar-refractivity contribution is 0.175. The Bertz CT molecular complexity index is 526. The van der Waals surface area contributed by atoms with E-state index in [0.717, 1.165) is 0 Å². The van der Waals surface area contributed by atoms with Gasteiger partial charge in [-0.15, -0.1) is 0 Å². The number of rotatable bonds is 6. The third kappa shape index (κ3) is 3.76. The predicted octanol–water partition coefficient (Wildman–Crippen LogP) is 1.22. The van der Waals surface area contributed by atoms with Crippen LogP contribution in [0.3, 0.4) is 0 Å². The van der Waals surface area contributed by atoms with E-state index in [1.165, 1.54) is 19.2 Å². The molecule has 2 rings (SSSR count). The molecule has 1 aliphatic heterocycles. The van der Waals surface area contributed by atoms with Crippen molar-refractivity contribution in [3.8, 4) is 0 Å². The summed E-state index contributed by atoms with van der Waals surface area (Å²) in [5.74, 6) is -0.364. The summed E-state index contributed by atoms with van der Waals surface area (Å²) in [4.78, 5) is 0. The number of benzene rings is 1. The van der Waals surface area contributed by atoms with Crippen LogP contribution in [0.15, 0.2) is 24.3 Å². The number of sulfonamides is 1. The summed E-state index contributed by atoms with van der Waals surface area (Å²) in [6, 6.07) is 5.15. The van der Waals surface area contributed by atoms with Gasteiger partial charge in [0, 0.05) is 13.7 Å². The van der Waals surface area contributed by atoms with Crippen LogP contribution in [0.4, 0.5) is 4.39 Å². The molecule has 1 fully saturated rings. The average molecular weight is 303 g/mol. The first kappa shape index (κ1) is 15.4. The van der Waals surface area contributed by atoms with E-state index in [1.807, 2.05) is 0 Å². The molecule has 1 saturated heterocycles. The Morgan fingerprint density at radius 3 is 2.70 bits per heavy atom. The van der Waals surface area contributed by atoms with E-state index >= 15 is 0 Å². The number of methoxy groups -OCH3 is 1. The van der Waals surface area contributed by atoms with Gasteiger partial charge in [0.25, 0.3) is 0 Å². The van der Waals surface area contributed by atoms with E-state index in [9.17, 15) is 12.8 Å². The monoisotopic (exact) mass is 303 g/mol. The quantitative estimate of drug-likeness (QED) is 0.858. The molecule has 1 aromatic carbocycles. The molecule has 1 aromatic rings. The Labute approximate surface area is 118 Å². The Kier molecular flexibility index (Phi) is 5.09. The van der Waals surface area contributed by atoms with Crippen molar-refractivity contribution >= 4 is 10.0 Å². The molecule has 1 heterocycles. The lowest BCUT2D eigenvalue weighted by atomic mass is 10.1. The van der Waals surface area contributed by atoms with Gasteiger partial charge in [0.15, 0.2) is 0 Å². The van der Waals surface area contributed by atoms with Gasteiger partial charge in [0.05, 0.1) is 19.3 Å². The van der Waals surface area contributed by atoms with Crippen molar-refractivity contribution in [1.29, 1.82) is 0 Å². The highest BCUT2D eigenvalue weighted by molar-refractivity contribution is 7.90. The van der Waals surface area contributed by atoms with E-state index in [1.54, 1.807) is 12.1 Å². The molecule has 2 atom stereocenters. The van der Waals surface area contributed by atoms with Gasteiger partial charge in [-0.05, 0) is 24.1 Å². The Morgan fingerprint density at radius 1 is 1.45 bits per heavy atom. The van der Waals surface area contributed by atoms with Crippen LogP contribution in [-0.2, 0) is 19.5 Å². The minimum atomic E-state index is -3.49. The molecule has 1 aliphatic rings. The van der Waals surface area contributed by atoms with Crippen LogP contribution in [0, 0.1) is 5.82 Å². The van der Waals surface area contributed by atoms with Crippen LogP contribution < -0.4 is 4.72 Å². The number of ether oxygens (including phenoxy) is 2. The van der Waals surface area contributed by atoms with Crippen LogP contribution in [0.1, 0.15) is 18.0 Å². The highest BCUT2D eigenvalue weighted by Crippen LogP contribution is 2.19. The van der Waals surface area contributed by atoms with Gasteiger partial charge in [-0.1, -0.05) is 12.1 Å². The largest absolute Gasteiger partial charge is 0.383 e. The minimum absolute atomic E-state index is 0.179. The second-order valence-electron chi connectivity index (χ2n) is 4.71. The smallest absolute Gasteiger partial charge is 0.217 e. The van der Waals surface area contributed by atoms with E-state index in [-0.39, 0.29) is 19.0 Å². The molecule has 5 nitrogen and oxygen atoms in total. The van der Waals surface area contributed by atoms with Crippen LogP contribution in [-0.4, -0.2) is 40.6 Å². The van der Waals surface area contributed by atoms with Crippen molar-refractivity contribution < 1.29 is 22.3 Å². The Balaban J connectivity index is 2.14. The standard InChI is InChI=1S/C13H18FNO4S/c1-18-9-13(10-2-4-11(14)5-3-10)15-20(16,17)12-6-7-19-8-12/h2-5,12-13,15H,6-9H2,1H3. The van der Waals surface area contributed by atoms with Crippen molar-refractivity contribution in [2.24, 2.45) is 0 Å². The van der Waals surface area contributed by atoms with Crippen LogP contribution in [0.25, 0.3) is 0 Å². The molecule has 112 valence electrons. The van der Waals surface area contributed by atoms with Gasteiger partial charge < -0.3 is 9.47 Å². The highest BCUT2D eigenvalue weighted by Gasteiger charge is 2.31. The molecule has 0 aromatic heterocycles. The lowest BCUT2D eigenvalue weighted by Crippen LogP contribution is -2.38. The van der Waals surface area contributed by atoms with Gasteiger partial charge in [-0.2, -0.15) is 0 Å². The van der Waals surface area contributed by atoms with Crippen molar-refractivity contribution in [3.63, 3.8) is 0 Å². The maximum atomic E-state index is 12.9. The molecule has 0 saturated carbocycles. The SMILES string of the molecule is COCC(NS(=O)(=O)C1CCOC1)c1ccc(F)cc1. The third-order valence-electron chi connectivity index (χ3n) is 3.24. The highest BCUT2D eigenvalue weighted by atomic mass is 32.2. The van der Waals surface area contributed by atoms with Gasteiger partial charge in [-0.3, -0.25) is 0 Å². The van der Waals surface area contributed by atoms with Gasteiger partial charge in [-0.25, -0.2) is 17.5 Å². The molecule has 0 radical (unpaired) electrons. The molecule has 7 heteroatoms. The Hall–Kier alpha value is -1.02. The van der Waals surface area contributed by atoms with E-state index in [2.05, 4.69) is 4.72 Å². The molecule has 0 spiro atoms. The lowest BCUT2D eigenvalue weighted by Gasteiger charge is -2.20. The molecule has 0 bridgehead atoms. The Morgan fingerprint density at radius 2 is 2.15 bits per heavy atom. The van der Waals surface area contributed by atoms with Crippen LogP contribution >= 0.6 is 0 Å². The first-order chi connectivity index (χ1) is 9.53. The second kappa shape index (κ2) is 6.62. The van der Waals surface area contributed by atoms with E-state index in [4.69, 9.17) is 9.47 Å². The summed E-state index contributed by atoms with van der Waals surface area (Å²) in [6.45, 7) is 0.841. The summed E-state index contributed by atoms with van der Waals surface area (Å²) in [6.07, 6.45) is 0.485. The zero-order valence-electron chi connectivity index (χ0n) is 11.2. The zero-order valence-corrected chi connectivity index (χ0v) is 12.0. The van der Waals surface area contributed by atoms with Gasteiger partial charge in [0.2, 0.25) is 10.0 Å². The zero-order chi connectivity index (χ0) is 14.6. The van der Waals surface area contributed by atoms with Crippen molar-refractivity contribution in [2.45, 2.75) is 17.7 Å². The van der Waals surface area contributed by atoms with Crippen molar-refractivity contribution in [2.75, 3.05) is 26.9 Å². The number of nitrogens with one attached hydrogen (secondary N) is 1. The average Bonchev–Trinajstić information content (AvgIpc) is 2.93. The van der Waals surface area contributed by atoms with Gasteiger partial charge >= 0.3 is 0 Å². The summed E-state index contributed by atoms with van der Waals surface area (Å²) >= 11 is 0. The van der Waals surface area contributed by atoms with Crippen molar-refractivity contribution in [1.82, 2.24) is 4.72 Å². The molecule has 2 unspecified atom stereocenters. The maximum Gasteiger partial charge on any atom is 0.217 e. The third-order valence-corrected chi connectivity index (χ3v) is 5.10. The molecular weight excluding hydrogens is 285 g/mol. The molecule has 20 heavy (non-hydrogen) atoms. The van der Waals surface area contributed by atoms with E-state index < -0.39 is 21.3 Å². The number of hydrogen-bond acceptors (Lipinski definition) is 4. The van der Waals surface area contributed by atoms with Crippen LogP contribution in [0.5, 0.6) is 0 Å². The molecule has 0 aliphatic carbocycles. The molecule has 1 N–H and O–H groups in total. The number of hydrogen-bond donors (Lipinski definition) is 1. The van der Waals surface area contributed by atoms with Crippen LogP contribution in [0.2, 0.25) is 0 Å². The fourth-order valence-electron chi connectivity index (χ4n) is 2.11. The molecular formula is C13H18FNO4S.